The quantitative estimate of drug-likeness (QED) is 0.413. The Bertz CT molecular complexity index is 1140. The Hall–Kier alpha value is -3.27. The Morgan fingerprint density at radius 1 is 1.03 bits per heavy atom. The van der Waals surface area contributed by atoms with Gasteiger partial charge in [0.1, 0.15) is 11.5 Å². The van der Waals surface area contributed by atoms with Crippen LogP contribution in [-0.2, 0) is 22.7 Å². The molecule has 1 fully saturated rings. The first-order valence-electron chi connectivity index (χ1n) is 10.5. The van der Waals surface area contributed by atoms with Crippen molar-refractivity contribution in [1.82, 2.24) is 15.1 Å². The molecule has 0 atom stereocenters. The Labute approximate surface area is 205 Å². The Morgan fingerprint density at radius 2 is 1.71 bits per heavy atom. The molecule has 176 valence electrons. The van der Waals surface area contributed by atoms with E-state index in [-0.39, 0.29) is 30.8 Å². The van der Waals surface area contributed by atoms with Gasteiger partial charge < -0.3 is 14.2 Å². The zero-order chi connectivity index (χ0) is 23.9. The average Bonchev–Trinajstić information content (AvgIpc) is 3.56. The number of halogens is 1. The van der Waals surface area contributed by atoms with Crippen molar-refractivity contribution in [3.05, 3.63) is 88.1 Å². The van der Waals surface area contributed by atoms with Gasteiger partial charge in [-0.25, -0.2) is 0 Å². The van der Waals surface area contributed by atoms with E-state index >= 15 is 0 Å². The maximum Gasteiger partial charge on any atom is 0.293 e. The topological polar surface area (TPSA) is 96.0 Å². The lowest BCUT2D eigenvalue weighted by atomic mass is 10.2. The lowest BCUT2D eigenvalue weighted by Crippen LogP contribution is -2.41. The summed E-state index contributed by atoms with van der Waals surface area (Å²) in [5, 5.41) is 2.89. The molecular weight excluding hydrogens is 478 g/mol. The van der Waals surface area contributed by atoms with E-state index in [4.69, 9.17) is 20.4 Å². The molecule has 1 aromatic carbocycles. The van der Waals surface area contributed by atoms with Crippen molar-refractivity contribution in [2.75, 3.05) is 19.6 Å². The molecular formula is C24H22ClN3O5S. The first-order valence-corrected chi connectivity index (χ1v) is 11.7. The second-order valence-corrected chi connectivity index (χ2v) is 8.91. The van der Waals surface area contributed by atoms with E-state index in [0.29, 0.717) is 28.6 Å². The van der Waals surface area contributed by atoms with Gasteiger partial charge in [-0.15, -0.1) is 0 Å². The third-order valence-electron chi connectivity index (χ3n) is 5.01. The summed E-state index contributed by atoms with van der Waals surface area (Å²) >= 11 is 7.00. The van der Waals surface area contributed by atoms with Crippen molar-refractivity contribution in [1.29, 1.82) is 0 Å². The summed E-state index contributed by atoms with van der Waals surface area (Å²) in [6.45, 7) is 1.17. The number of rotatable bonds is 10. The lowest BCUT2D eigenvalue weighted by Gasteiger charge is -2.20. The number of benzene rings is 1. The molecule has 0 saturated carbocycles. The van der Waals surface area contributed by atoms with Gasteiger partial charge in [0.2, 0.25) is 5.91 Å². The average molecular weight is 500 g/mol. The molecule has 10 heteroatoms. The number of furan rings is 2. The maximum atomic E-state index is 12.7. The molecule has 1 N–H and O–H groups in total. The molecule has 0 spiro atoms. The van der Waals surface area contributed by atoms with Crippen LogP contribution in [0, 0.1) is 0 Å². The summed E-state index contributed by atoms with van der Waals surface area (Å²) < 4.78 is 10.8. The van der Waals surface area contributed by atoms with E-state index in [2.05, 4.69) is 5.32 Å². The molecule has 3 amide bonds. The zero-order valence-electron chi connectivity index (χ0n) is 18.1. The van der Waals surface area contributed by atoms with Gasteiger partial charge in [0.25, 0.3) is 11.1 Å². The smallest absolute Gasteiger partial charge is 0.293 e. The van der Waals surface area contributed by atoms with Crippen LogP contribution in [0.5, 0.6) is 0 Å². The highest BCUT2D eigenvalue weighted by molar-refractivity contribution is 8.18. The minimum absolute atomic E-state index is 0.0760. The predicted molar refractivity (Wildman–Crippen MR) is 129 cm³/mol. The van der Waals surface area contributed by atoms with Crippen molar-refractivity contribution in [2.24, 2.45) is 0 Å². The van der Waals surface area contributed by atoms with Crippen molar-refractivity contribution in [3.63, 3.8) is 0 Å². The minimum atomic E-state index is -0.401. The summed E-state index contributed by atoms with van der Waals surface area (Å²) in [5.41, 5.74) is 0.663. The fraction of sp³-hybridized carbons (Fsp3) is 0.208. The van der Waals surface area contributed by atoms with E-state index < -0.39 is 5.91 Å². The molecule has 0 aliphatic carbocycles. The number of amides is 3. The Kier molecular flexibility index (Phi) is 7.89. The molecule has 4 rings (SSSR count). The van der Waals surface area contributed by atoms with Crippen LogP contribution in [0.2, 0.25) is 5.02 Å². The molecule has 3 heterocycles. The number of nitrogens with one attached hydrogen (secondary N) is 1. The van der Waals surface area contributed by atoms with Crippen LogP contribution >= 0.6 is 23.4 Å². The van der Waals surface area contributed by atoms with Gasteiger partial charge in [0.15, 0.2) is 0 Å². The van der Waals surface area contributed by atoms with Gasteiger partial charge in [0, 0.05) is 18.1 Å². The molecule has 1 aliphatic rings. The molecule has 0 radical (unpaired) electrons. The monoisotopic (exact) mass is 499 g/mol. The number of hydrogen-bond donors (Lipinski definition) is 1. The van der Waals surface area contributed by atoms with Gasteiger partial charge in [0.05, 0.1) is 37.1 Å². The maximum absolute atomic E-state index is 12.7. The highest BCUT2D eigenvalue weighted by Crippen LogP contribution is 2.33. The largest absolute Gasteiger partial charge is 0.468 e. The van der Waals surface area contributed by atoms with Gasteiger partial charge in [-0.1, -0.05) is 29.8 Å². The number of imide groups is 1. The predicted octanol–water partition coefficient (Wildman–Crippen LogP) is 4.38. The second kappa shape index (κ2) is 11.2. The summed E-state index contributed by atoms with van der Waals surface area (Å²) in [6.07, 6.45) is 4.76. The van der Waals surface area contributed by atoms with Gasteiger partial charge in [-0.2, -0.15) is 0 Å². The highest BCUT2D eigenvalue weighted by atomic mass is 35.5. The zero-order valence-corrected chi connectivity index (χ0v) is 19.7. The Morgan fingerprint density at radius 3 is 2.32 bits per heavy atom. The van der Waals surface area contributed by atoms with E-state index in [9.17, 15) is 14.4 Å². The van der Waals surface area contributed by atoms with Crippen LogP contribution in [0.25, 0.3) is 6.08 Å². The van der Waals surface area contributed by atoms with E-state index in [0.717, 1.165) is 28.2 Å². The standard InChI is InChI=1S/C24H22ClN3O5S/c25-20-8-2-1-5-17(20)13-21-23(30)28(24(31)34-21)10-9-26-22(29)16-27(14-18-6-3-11-32-18)15-19-7-4-12-33-19/h1-8,11-13H,9-10,14-16H2,(H,26,29)/b21-13-. The number of thioether (sulfide) groups is 1. The van der Waals surface area contributed by atoms with Gasteiger partial charge in [-0.3, -0.25) is 24.2 Å². The fourth-order valence-corrected chi connectivity index (χ4v) is 4.45. The molecule has 8 nitrogen and oxygen atoms in total. The van der Waals surface area contributed by atoms with Gasteiger partial charge in [-0.05, 0) is 53.7 Å². The van der Waals surface area contributed by atoms with Crippen molar-refractivity contribution in [3.8, 4) is 0 Å². The number of nitrogens with zero attached hydrogens (tertiary/aromatic N) is 2. The first-order chi connectivity index (χ1) is 16.5. The van der Waals surface area contributed by atoms with Crippen molar-refractivity contribution in [2.45, 2.75) is 13.1 Å². The summed E-state index contributed by atoms with van der Waals surface area (Å²) in [7, 11) is 0. The third-order valence-corrected chi connectivity index (χ3v) is 6.26. The van der Waals surface area contributed by atoms with Crippen LogP contribution < -0.4 is 5.32 Å². The minimum Gasteiger partial charge on any atom is -0.468 e. The van der Waals surface area contributed by atoms with E-state index in [1.54, 1.807) is 55.0 Å². The van der Waals surface area contributed by atoms with Gasteiger partial charge >= 0.3 is 0 Å². The van der Waals surface area contributed by atoms with Crippen LogP contribution in [0.3, 0.4) is 0 Å². The Balaban J connectivity index is 1.30. The van der Waals surface area contributed by atoms with E-state index in [1.807, 2.05) is 17.0 Å². The molecule has 1 saturated heterocycles. The van der Waals surface area contributed by atoms with Crippen LogP contribution in [-0.4, -0.2) is 46.5 Å². The van der Waals surface area contributed by atoms with Crippen LogP contribution in [0.15, 0.2) is 74.8 Å². The SMILES string of the molecule is O=C(CN(Cc1ccco1)Cc1ccco1)NCCN1C(=O)S/C(=C\c2ccccc2Cl)C1=O. The molecule has 3 aromatic rings. The normalized spacial score (nSPS) is 15.0. The van der Waals surface area contributed by atoms with Crippen LogP contribution in [0.4, 0.5) is 4.79 Å². The molecule has 2 aromatic heterocycles. The molecule has 34 heavy (non-hydrogen) atoms. The number of carbonyl (C=O) groups is 3. The lowest BCUT2D eigenvalue weighted by molar-refractivity contribution is -0.125. The van der Waals surface area contributed by atoms with Crippen LogP contribution in [0.1, 0.15) is 17.1 Å². The molecule has 0 unspecified atom stereocenters. The molecule has 0 bridgehead atoms. The first kappa shape index (κ1) is 23.9. The highest BCUT2D eigenvalue weighted by Gasteiger charge is 2.34. The number of hydrogen-bond acceptors (Lipinski definition) is 7. The second-order valence-electron chi connectivity index (χ2n) is 7.51. The third kappa shape index (κ3) is 6.19. The number of carbonyl (C=O) groups excluding carboxylic acids is 3. The summed E-state index contributed by atoms with van der Waals surface area (Å²) in [4.78, 5) is 40.9. The molecule has 1 aliphatic heterocycles. The van der Waals surface area contributed by atoms with Crippen molar-refractivity contribution >= 4 is 46.5 Å². The summed E-state index contributed by atoms with van der Waals surface area (Å²) in [5.74, 6) is 0.808. The summed E-state index contributed by atoms with van der Waals surface area (Å²) in [6, 6.07) is 14.3. The fourth-order valence-electron chi connectivity index (χ4n) is 3.41. The van der Waals surface area contributed by atoms with Crippen molar-refractivity contribution < 1.29 is 23.2 Å². The van der Waals surface area contributed by atoms with E-state index in [1.165, 1.54) is 0 Å².